The van der Waals surface area contributed by atoms with Crippen LogP contribution in [0.4, 0.5) is 0 Å². The number of hydrogen-bond donors (Lipinski definition) is 1. The van der Waals surface area contributed by atoms with Gasteiger partial charge in [0.2, 0.25) is 0 Å². The summed E-state index contributed by atoms with van der Waals surface area (Å²) in [6.45, 7) is 4.49. The molecule has 2 rings (SSSR count). The topological polar surface area (TPSA) is 86.3 Å². The predicted octanol–water partition coefficient (Wildman–Crippen LogP) is 3.10. The number of methoxy groups -OCH3 is 1. The van der Waals surface area contributed by atoms with Crippen LogP contribution in [-0.4, -0.2) is 41.7 Å². The highest BCUT2D eigenvalue weighted by Crippen LogP contribution is 2.39. The Bertz CT molecular complexity index is 687. The molecule has 8 heteroatoms. The number of aromatic nitrogens is 3. The van der Waals surface area contributed by atoms with Gasteiger partial charge in [-0.1, -0.05) is 18.5 Å². The minimum atomic E-state index is -0.558. The number of aromatic amines is 1. The first kappa shape index (κ1) is 17.1. The van der Waals surface area contributed by atoms with Crippen molar-refractivity contribution in [2.75, 3.05) is 20.3 Å². The Balaban J connectivity index is 2.43. The smallest absolute Gasteiger partial charge is 0.361 e. The Morgan fingerprint density at radius 2 is 2.09 bits per heavy atom. The van der Waals surface area contributed by atoms with Crippen molar-refractivity contribution in [2.24, 2.45) is 0 Å². The van der Waals surface area contributed by atoms with E-state index in [4.69, 9.17) is 25.8 Å². The predicted molar refractivity (Wildman–Crippen MR) is 85.1 cm³/mol. The van der Waals surface area contributed by atoms with Gasteiger partial charge in [0.1, 0.15) is 5.69 Å². The van der Waals surface area contributed by atoms with Gasteiger partial charge in [0.25, 0.3) is 0 Å². The first-order valence-electron chi connectivity index (χ1n) is 7.20. The molecule has 0 unspecified atom stereocenters. The highest BCUT2D eigenvalue weighted by atomic mass is 35.5. The van der Waals surface area contributed by atoms with Crippen molar-refractivity contribution in [2.45, 2.75) is 20.3 Å². The van der Waals surface area contributed by atoms with Gasteiger partial charge < -0.3 is 14.2 Å². The van der Waals surface area contributed by atoms with Crippen LogP contribution >= 0.6 is 11.6 Å². The summed E-state index contributed by atoms with van der Waals surface area (Å²) in [7, 11) is 1.52. The van der Waals surface area contributed by atoms with Crippen LogP contribution in [0, 0.1) is 0 Å². The van der Waals surface area contributed by atoms with E-state index in [-0.39, 0.29) is 12.3 Å². The zero-order valence-corrected chi connectivity index (χ0v) is 13.9. The molecule has 0 atom stereocenters. The molecule has 1 aromatic heterocycles. The van der Waals surface area contributed by atoms with Crippen LogP contribution in [0.1, 0.15) is 30.8 Å². The summed E-state index contributed by atoms with van der Waals surface area (Å²) in [4.78, 5) is 11.9. The summed E-state index contributed by atoms with van der Waals surface area (Å²) < 4.78 is 15.9. The first-order valence-corrected chi connectivity index (χ1v) is 7.58. The van der Waals surface area contributed by atoms with E-state index in [1.165, 1.54) is 7.11 Å². The summed E-state index contributed by atoms with van der Waals surface area (Å²) in [5.41, 5.74) is 1.00. The van der Waals surface area contributed by atoms with Gasteiger partial charge in [-0.15, -0.1) is 5.10 Å². The standard InChI is InChI=1S/C15H18ClN3O4/c1-4-6-23-14-10(16)7-9(8-11(14)21-3)12-13(18-19-17-12)15(20)22-5-2/h7-8H,4-6H2,1-3H3,(H,17,18,19). The Morgan fingerprint density at radius 1 is 1.30 bits per heavy atom. The lowest BCUT2D eigenvalue weighted by Crippen LogP contribution is -2.07. The van der Waals surface area contributed by atoms with Gasteiger partial charge >= 0.3 is 5.97 Å². The average molecular weight is 340 g/mol. The van der Waals surface area contributed by atoms with Crippen molar-refractivity contribution >= 4 is 17.6 Å². The number of hydrogen-bond acceptors (Lipinski definition) is 6. The minimum Gasteiger partial charge on any atom is -0.493 e. The molecule has 0 aliphatic carbocycles. The normalized spacial score (nSPS) is 10.4. The molecule has 0 bridgehead atoms. The largest absolute Gasteiger partial charge is 0.493 e. The fourth-order valence-electron chi connectivity index (χ4n) is 1.97. The summed E-state index contributed by atoms with van der Waals surface area (Å²) in [5, 5.41) is 10.6. The van der Waals surface area contributed by atoms with Crippen LogP contribution in [0.15, 0.2) is 12.1 Å². The fraction of sp³-hybridized carbons (Fsp3) is 0.400. The number of nitrogens with one attached hydrogen (secondary N) is 1. The molecule has 0 fully saturated rings. The average Bonchev–Trinajstić information content (AvgIpc) is 3.03. The number of carbonyl (C=O) groups excluding carboxylic acids is 1. The monoisotopic (exact) mass is 339 g/mol. The van der Waals surface area contributed by atoms with Crippen molar-refractivity contribution in [3.8, 4) is 22.8 Å². The molecule has 0 amide bonds. The van der Waals surface area contributed by atoms with E-state index >= 15 is 0 Å². The number of ether oxygens (including phenoxy) is 3. The van der Waals surface area contributed by atoms with E-state index in [1.54, 1.807) is 19.1 Å². The second-order valence-electron chi connectivity index (χ2n) is 4.58. The van der Waals surface area contributed by atoms with Crippen molar-refractivity contribution in [3.05, 3.63) is 22.8 Å². The van der Waals surface area contributed by atoms with Gasteiger partial charge in [-0.25, -0.2) is 4.79 Å². The van der Waals surface area contributed by atoms with Gasteiger partial charge in [0.15, 0.2) is 17.2 Å². The molecule has 1 N–H and O–H groups in total. The molecule has 0 aliphatic heterocycles. The van der Waals surface area contributed by atoms with Gasteiger partial charge in [-0.3, -0.25) is 0 Å². The first-order chi connectivity index (χ1) is 11.1. The van der Waals surface area contributed by atoms with Crippen LogP contribution < -0.4 is 9.47 Å². The molecular weight excluding hydrogens is 322 g/mol. The maximum absolute atomic E-state index is 11.9. The van der Waals surface area contributed by atoms with Crippen LogP contribution in [0.3, 0.4) is 0 Å². The number of benzene rings is 1. The van der Waals surface area contributed by atoms with Crippen molar-refractivity contribution in [1.29, 1.82) is 0 Å². The SMILES string of the molecule is CCCOc1c(Cl)cc(-c2n[nH]nc2C(=O)OCC)cc1OC. The number of carbonyl (C=O) groups is 1. The second-order valence-corrected chi connectivity index (χ2v) is 4.99. The Labute approximate surface area is 138 Å². The number of halogens is 1. The van der Waals surface area contributed by atoms with E-state index < -0.39 is 5.97 Å². The van der Waals surface area contributed by atoms with Gasteiger partial charge in [-0.05, 0) is 25.5 Å². The summed E-state index contributed by atoms with van der Waals surface area (Å²) in [5.74, 6) is 0.359. The maximum atomic E-state index is 11.9. The lowest BCUT2D eigenvalue weighted by Gasteiger charge is -2.13. The summed E-state index contributed by atoms with van der Waals surface area (Å²) in [6.07, 6.45) is 0.845. The molecule has 0 spiro atoms. The van der Waals surface area contributed by atoms with Gasteiger partial charge in [0.05, 0.1) is 25.3 Å². The molecule has 23 heavy (non-hydrogen) atoms. The van der Waals surface area contributed by atoms with Crippen molar-refractivity contribution < 1.29 is 19.0 Å². The maximum Gasteiger partial charge on any atom is 0.361 e. The van der Waals surface area contributed by atoms with Gasteiger partial charge in [-0.2, -0.15) is 10.3 Å². The van der Waals surface area contributed by atoms with Crippen LogP contribution in [0.5, 0.6) is 11.5 Å². The van der Waals surface area contributed by atoms with E-state index in [9.17, 15) is 4.79 Å². The third kappa shape index (κ3) is 3.73. The number of rotatable bonds is 7. The van der Waals surface area contributed by atoms with E-state index in [2.05, 4.69) is 15.4 Å². The van der Waals surface area contributed by atoms with Crippen molar-refractivity contribution in [3.63, 3.8) is 0 Å². The highest BCUT2D eigenvalue weighted by Gasteiger charge is 2.21. The molecule has 1 heterocycles. The number of nitrogens with zero attached hydrogens (tertiary/aromatic N) is 2. The molecule has 7 nitrogen and oxygen atoms in total. The Morgan fingerprint density at radius 3 is 2.74 bits per heavy atom. The molecule has 1 aromatic carbocycles. The third-order valence-corrected chi connectivity index (χ3v) is 3.25. The number of esters is 1. The van der Waals surface area contributed by atoms with Gasteiger partial charge in [0, 0.05) is 5.56 Å². The highest BCUT2D eigenvalue weighted by molar-refractivity contribution is 6.32. The van der Waals surface area contributed by atoms with E-state index in [1.807, 2.05) is 6.92 Å². The van der Waals surface area contributed by atoms with Crippen LogP contribution in [0.25, 0.3) is 11.3 Å². The molecule has 124 valence electrons. The lowest BCUT2D eigenvalue weighted by atomic mass is 10.1. The molecular formula is C15H18ClN3O4. The fourth-order valence-corrected chi connectivity index (χ4v) is 2.24. The molecule has 0 radical (unpaired) electrons. The zero-order valence-electron chi connectivity index (χ0n) is 13.2. The van der Waals surface area contributed by atoms with Crippen molar-refractivity contribution in [1.82, 2.24) is 15.4 Å². The Kier molecular flexibility index (Phi) is 5.81. The molecule has 0 saturated heterocycles. The lowest BCUT2D eigenvalue weighted by molar-refractivity contribution is 0.0520. The molecule has 2 aromatic rings. The number of H-pyrrole nitrogens is 1. The van der Waals surface area contributed by atoms with Crippen LogP contribution in [-0.2, 0) is 4.74 Å². The zero-order chi connectivity index (χ0) is 16.8. The third-order valence-electron chi connectivity index (χ3n) is 2.97. The van der Waals surface area contributed by atoms with Crippen LogP contribution in [0.2, 0.25) is 5.02 Å². The quantitative estimate of drug-likeness (QED) is 0.780. The second kappa shape index (κ2) is 7.82. The summed E-state index contributed by atoms with van der Waals surface area (Å²) >= 11 is 6.28. The minimum absolute atomic E-state index is 0.0900. The molecule has 0 saturated carbocycles. The van der Waals surface area contributed by atoms with E-state index in [0.29, 0.717) is 34.4 Å². The summed E-state index contributed by atoms with van der Waals surface area (Å²) in [6, 6.07) is 3.34. The molecule has 0 aliphatic rings. The van der Waals surface area contributed by atoms with E-state index in [0.717, 1.165) is 6.42 Å². The Hall–Kier alpha value is -2.28.